The summed E-state index contributed by atoms with van der Waals surface area (Å²) < 4.78 is 4.69. The van der Waals surface area contributed by atoms with Crippen molar-refractivity contribution in [2.75, 3.05) is 7.11 Å². The molecule has 0 unspecified atom stereocenters. The summed E-state index contributed by atoms with van der Waals surface area (Å²) in [4.78, 5) is 11.1. The van der Waals surface area contributed by atoms with E-state index in [1.807, 2.05) is 0 Å². The van der Waals surface area contributed by atoms with Crippen molar-refractivity contribution in [3.05, 3.63) is 0 Å². The maximum absolute atomic E-state index is 11.1. The molecule has 0 amide bonds. The minimum absolute atomic E-state index is 0.0763. The van der Waals surface area contributed by atoms with Crippen LogP contribution in [0.3, 0.4) is 0 Å². The van der Waals surface area contributed by atoms with Gasteiger partial charge in [-0.3, -0.25) is 4.79 Å². The highest BCUT2D eigenvalue weighted by Crippen LogP contribution is 2.21. The van der Waals surface area contributed by atoms with Crippen LogP contribution in [0.2, 0.25) is 0 Å². The van der Waals surface area contributed by atoms with Crippen LogP contribution in [0.1, 0.15) is 72.1 Å². The van der Waals surface area contributed by atoms with Crippen LogP contribution in [-0.4, -0.2) is 13.1 Å². The Morgan fingerprint density at radius 1 is 1.06 bits per heavy atom. The molecule has 0 bridgehead atoms. The molecule has 0 radical (unpaired) electrons. The zero-order valence-corrected chi connectivity index (χ0v) is 12.1. The molecular weight excluding hydrogens is 212 g/mol. The predicted molar refractivity (Wildman–Crippen MR) is 73.0 cm³/mol. The van der Waals surface area contributed by atoms with Gasteiger partial charge in [-0.2, -0.15) is 0 Å². The van der Waals surface area contributed by atoms with E-state index >= 15 is 0 Å². The highest BCUT2D eigenvalue weighted by atomic mass is 16.5. The maximum Gasteiger partial charge on any atom is 0.305 e. The monoisotopic (exact) mass is 242 g/mol. The molecule has 0 aromatic heterocycles. The third kappa shape index (κ3) is 10.3. The van der Waals surface area contributed by atoms with E-state index in [-0.39, 0.29) is 5.97 Å². The van der Waals surface area contributed by atoms with Gasteiger partial charge in [-0.1, -0.05) is 59.3 Å². The quantitative estimate of drug-likeness (QED) is 0.414. The lowest BCUT2D eigenvalue weighted by Gasteiger charge is -2.16. The lowest BCUT2D eigenvalue weighted by molar-refractivity contribution is -0.141. The Morgan fingerprint density at radius 3 is 2.29 bits per heavy atom. The Hall–Kier alpha value is -0.530. The largest absolute Gasteiger partial charge is 0.469 e. The topological polar surface area (TPSA) is 26.3 Å². The van der Waals surface area contributed by atoms with Gasteiger partial charge in [0, 0.05) is 6.42 Å². The van der Waals surface area contributed by atoms with Gasteiger partial charge in [0.05, 0.1) is 7.11 Å². The number of esters is 1. The second-order valence-corrected chi connectivity index (χ2v) is 5.43. The average Bonchev–Trinajstić information content (AvgIpc) is 2.28. The third-order valence-electron chi connectivity index (χ3n) is 3.35. The average molecular weight is 242 g/mol. The zero-order chi connectivity index (χ0) is 13.1. The van der Waals surface area contributed by atoms with Gasteiger partial charge in [-0.25, -0.2) is 0 Å². The van der Waals surface area contributed by atoms with Crippen LogP contribution in [0.5, 0.6) is 0 Å². The Bertz CT molecular complexity index is 189. The summed E-state index contributed by atoms with van der Waals surface area (Å²) in [6.45, 7) is 6.69. The van der Waals surface area contributed by atoms with E-state index in [1.54, 1.807) is 0 Å². The summed E-state index contributed by atoms with van der Waals surface area (Å²) in [5.41, 5.74) is 0. The fourth-order valence-electron chi connectivity index (χ4n) is 2.35. The number of unbranched alkanes of at least 4 members (excludes halogenated alkanes) is 4. The predicted octanol–water partition coefficient (Wildman–Crippen LogP) is 4.57. The molecule has 0 aliphatic heterocycles. The second kappa shape index (κ2) is 10.6. The van der Waals surface area contributed by atoms with Crippen LogP contribution >= 0.6 is 0 Å². The molecule has 0 rings (SSSR count). The van der Waals surface area contributed by atoms with E-state index in [2.05, 4.69) is 25.5 Å². The van der Waals surface area contributed by atoms with Crippen LogP contribution in [0, 0.1) is 11.8 Å². The van der Waals surface area contributed by atoms with Gasteiger partial charge in [0.2, 0.25) is 0 Å². The van der Waals surface area contributed by atoms with Crippen LogP contribution < -0.4 is 0 Å². The molecule has 0 aliphatic carbocycles. The summed E-state index contributed by atoms with van der Waals surface area (Å²) >= 11 is 0. The molecular formula is C15H30O2. The summed E-state index contributed by atoms with van der Waals surface area (Å²) in [5, 5.41) is 0. The molecule has 2 nitrogen and oxygen atoms in total. The number of hydrogen-bond donors (Lipinski definition) is 0. The first-order chi connectivity index (χ1) is 8.10. The molecule has 0 aromatic carbocycles. The number of carbonyl (C=O) groups excluding carboxylic acids is 1. The number of carbonyl (C=O) groups is 1. The van der Waals surface area contributed by atoms with Gasteiger partial charge in [-0.05, 0) is 18.3 Å². The zero-order valence-electron chi connectivity index (χ0n) is 12.1. The Balaban J connectivity index is 3.50. The van der Waals surface area contributed by atoms with E-state index < -0.39 is 0 Å². The van der Waals surface area contributed by atoms with Crippen LogP contribution in [0.25, 0.3) is 0 Å². The van der Waals surface area contributed by atoms with Crippen LogP contribution in [0.4, 0.5) is 0 Å². The number of hydrogen-bond acceptors (Lipinski definition) is 2. The molecule has 0 saturated carbocycles. The van der Waals surface area contributed by atoms with Crippen molar-refractivity contribution < 1.29 is 9.53 Å². The van der Waals surface area contributed by atoms with E-state index in [0.717, 1.165) is 12.3 Å². The van der Waals surface area contributed by atoms with Crippen molar-refractivity contribution in [1.82, 2.24) is 0 Å². The highest BCUT2D eigenvalue weighted by molar-refractivity contribution is 5.69. The number of rotatable bonds is 10. The van der Waals surface area contributed by atoms with Crippen molar-refractivity contribution in [3.63, 3.8) is 0 Å². The van der Waals surface area contributed by atoms with Crippen molar-refractivity contribution in [3.8, 4) is 0 Å². The van der Waals surface area contributed by atoms with Crippen molar-refractivity contribution in [1.29, 1.82) is 0 Å². The first-order valence-corrected chi connectivity index (χ1v) is 7.16. The van der Waals surface area contributed by atoms with Crippen LogP contribution in [0.15, 0.2) is 0 Å². The van der Waals surface area contributed by atoms with Gasteiger partial charge in [0.15, 0.2) is 0 Å². The van der Waals surface area contributed by atoms with Gasteiger partial charge in [0.25, 0.3) is 0 Å². The molecule has 0 fully saturated rings. The summed E-state index contributed by atoms with van der Waals surface area (Å²) in [6, 6.07) is 0. The molecule has 0 heterocycles. The van der Waals surface area contributed by atoms with Crippen molar-refractivity contribution >= 4 is 5.97 Å². The number of methoxy groups -OCH3 is 1. The Labute approximate surface area is 107 Å². The third-order valence-corrected chi connectivity index (χ3v) is 3.35. The Kier molecular flexibility index (Phi) is 10.3. The molecule has 0 spiro atoms. The maximum atomic E-state index is 11.1. The molecule has 0 aliphatic rings. The normalized spacial score (nSPS) is 14.4. The molecule has 102 valence electrons. The molecule has 17 heavy (non-hydrogen) atoms. The van der Waals surface area contributed by atoms with Crippen LogP contribution in [-0.2, 0) is 9.53 Å². The minimum Gasteiger partial charge on any atom is -0.469 e. The first kappa shape index (κ1) is 16.5. The molecule has 2 atom stereocenters. The SMILES string of the molecule is CCCCCCC[C@H](C)C[C@@H](C)CC(=O)OC. The molecule has 0 N–H and O–H groups in total. The smallest absolute Gasteiger partial charge is 0.305 e. The van der Waals surface area contributed by atoms with E-state index in [0.29, 0.717) is 12.3 Å². The van der Waals surface area contributed by atoms with E-state index in [1.165, 1.54) is 45.6 Å². The fraction of sp³-hybridized carbons (Fsp3) is 0.933. The minimum atomic E-state index is -0.0763. The van der Waals surface area contributed by atoms with Gasteiger partial charge < -0.3 is 4.74 Å². The Morgan fingerprint density at radius 2 is 1.71 bits per heavy atom. The number of ether oxygens (including phenoxy) is 1. The standard InChI is InChI=1S/C15H30O2/c1-5-6-7-8-9-10-13(2)11-14(3)12-15(16)17-4/h13-14H,5-12H2,1-4H3/t13-,14+/m0/s1. The highest BCUT2D eigenvalue weighted by Gasteiger charge is 2.12. The van der Waals surface area contributed by atoms with Crippen molar-refractivity contribution in [2.24, 2.45) is 11.8 Å². The lowest BCUT2D eigenvalue weighted by atomic mass is 9.91. The summed E-state index contributed by atoms with van der Waals surface area (Å²) in [6.07, 6.45) is 9.77. The van der Waals surface area contributed by atoms with Gasteiger partial charge in [-0.15, -0.1) is 0 Å². The van der Waals surface area contributed by atoms with Gasteiger partial charge >= 0.3 is 5.97 Å². The second-order valence-electron chi connectivity index (χ2n) is 5.43. The van der Waals surface area contributed by atoms with Gasteiger partial charge in [0.1, 0.15) is 0 Å². The van der Waals surface area contributed by atoms with E-state index in [9.17, 15) is 4.79 Å². The summed E-state index contributed by atoms with van der Waals surface area (Å²) in [7, 11) is 1.46. The lowest BCUT2D eigenvalue weighted by Crippen LogP contribution is -2.10. The first-order valence-electron chi connectivity index (χ1n) is 7.16. The summed E-state index contributed by atoms with van der Waals surface area (Å²) in [5.74, 6) is 1.11. The molecule has 0 aromatic rings. The fourth-order valence-corrected chi connectivity index (χ4v) is 2.35. The molecule has 0 saturated heterocycles. The van der Waals surface area contributed by atoms with E-state index in [4.69, 9.17) is 0 Å². The molecule has 2 heteroatoms. The van der Waals surface area contributed by atoms with Crippen molar-refractivity contribution in [2.45, 2.75) is 72.1 Å².